The second-order valence-corrected chi connectivity index (χ2v) is 13.6. The number of aromatic hydroxyl groups is 8. The molecule has 9 nitrogen and oxygen atoms in total. The first-order valence-corrected chi connectivity index (χ1v) is 17.3. The van der Waals surface area contributed by atoms with Crippen molar-refractivity contribution in [2.45, 2.75) is 0 Å². The minimum absolute atomic E-state index is 0.00142. The lowest BCUT2D eigenvalue weighted by Crippen LogP contribution is -1.95. The summed E-state index contributed by atoms with van der Waals surface area (Å²) >= 11 is 0. The van der Waals surface area contributed by atoms with Crippen LogP contribution in [0.3, 0.4) is 0 Å². The van der Waals surface area contributed by atoms with Gasteiger partial charge < -0.3 is 45.3 Å². The number of rotatable bonds is 3. The highest BCUT2D eigenvalue weighted by atomic mass is 16.4. The van der Waals surface area contributed by atoms with Crippen LogP contribution in [0, 0.1) is 0 Å². The average molecular weight is 725 g/mol. The lowest BCUT2D eigenvalue weighted by molar-refractivity contribution is 0.350. The van der Waals surface area contributed by atoms with Crippen molar-refractivity contribution in [3.8, 4) is 79.4 Å². The summed E-state index contributed by atoms with van der Waals surface area (Å²) in [6, 6.07) is 37.4. The predicted molar refractivity (Wildman–Crippen MR) is 213 cm³/mol. The molecule has 55 heavy (non-hydrogen) atoms. The molecule has 10 rings (SSSR count). The molecule has 0 saturated heterocycles. The summed E-state index contributed by atoms with van der Waals surface area (Å²) in [5.74, 6) is -7.40. The molecule has 1 aromatic heterocycles. The molecule has 0 fully saturated rings. The molecular weight excluding hydrogens is 696 g/mol. The third-order valence-electron chi connectivity index (χ3n) is 10.7. The molecule has 0 spiro atoms. The smallest absolute Gasteiger partial charge is 0.204 e. The quantitative estimate of drug-likeness (QED) is 0.0501. The zero-order chi connectivity index (χ0) is 37.9. The summed E-state index contributed by atoms with van der Waals surface area (Å²) in [5.41, 5.74) is 3.83. The minimum Gasteiger partial charge on any atom is -0.504 e. The van der Waals surface area contributed by atoms with Crippen LogP contribution in [-0.2, 0) is 0 Å². The Hall–Kier alpha value is -7.78. The first-order valence-electron chi connectivity index (χ1n) is 17.3. The summed E-state index contributed by atoms with van der Waals surface area (Å²) in [6.07, 6.45) is 0. The molecule has 0 saturated carbocycles. The first kappa shape index (κ1) is 31.9. The second-order valence-electron chi connectivity index (χ2n) is 13.6. The molecule has 10 aromatic rings. The largest absolute Gasteiger partial charge is 0.504 e. The highest BCUT2D eigenvalue weighted by Gasteiger charge is 2.32. The summed E-state index contributed by atoms with van der Waals surface area (Å²) in [7, 11) is 0. The fraction of sp³-hybridized carbons (Fsp3) is 0. The third kappa shape index (κ3) is 4.35. The Morgan fingerprint density at radius 2 is 0.782 bits per heavy atom. The van der Waals surface area contributed by atoms with E-state index < -0.39 is 46.0 Å². The van der Waals surface area contributed by atoms with Gasteiger partial charge in [-0.05, 0) is 62.0 Å². The van der Waals surface area contributed by atoms with Gasteiger partial charge in [0.1, 0.15) is 11.2 Å². The summed E-state index contributed by atoms with van der Waals surface area (Å²) in [4.78, 5) is 0. The number of hydrogen-bond donors (Lipinski definition) is 8. The molecule has 0 aliphatic heterocycles. The van der Waals surface area contributed by atoms with Crippen LogP contribution in [0.5, 0.6) is 46.0 Å². The van der Waals surface area contributed by atoms with Crippen molar-refractivity contribution in [2.24, 2.45) is 0 Å². The molecule has 0 atom stereocenters. The molecule has 0 amide bonds. The van der Waals surface area contributed by atoms with E-state index in [-0.39, 0.29) is 32.7 Å². The monoisotopic (exact) mass is 724 g/mol. The van der Waals surface area contributed by atoms with Gasteiger partial charge in [-0.25, -0.2) is 0 Å². The van der Waals surface area contributed by atoms with Gasteiger partial charge in [0.25, 0.3) is 0 Å². The van der Waals surface area contributed by atoms with E-state index in [0.29, 0.717) is 16.5 Å². The van der Waals surface area contributed by atoms with Gasteiger partial charge in [-0.1, -0.05) is 103 Å². The summed E-state index contributed by atoms with van der Waals surface area (Å²) in [5, 5.41) is 94.8. The highest BCUT2D eigenvalue weighted by Crippen LogP contribution is 2.62. The van der Waals surface area contributed by atoms with E-state index >= 15 is 0 Å². The maximum atomic E-state index is 11.6. The Morgan fingerprint density at radius 1 is 0.309 bits per heavy atom. The van der Waals surface area contributed by atoms with E-state index in [4.69, 9.17) is 4.42 Å². The Kier molecular flexibility index (Phi) is 6.59. The molecule has 0 aliphatic rings. The van der Waals surface area contributed by atoms with Gasteiger partial charge in [-0.15, -0.1) is 0 Å². The Morgan fingerprint density at radius 3 is 1.40 bits per heavy atom. The van der Waals surface area contributed by atoms with Crippen molar-refractivity contribution >= 4 is 65.0 Å². The molecular formula is C46H28O9. The van der Waals surface area contributed by atoms with Gasteiger partial charge in [0.2, 0.25) is 23.0 Å². The van der Waals surface area contributed by atoms with Crippen LogP contribution in [0.25, 0.3) is 98.4 Å². The Labute approximate surface area is 310 Å². The molecule has 9 heteroatoms. The van der Waals surface area contributed by atoms with Crippen molar-refractivity contribution in [3.63, 3.8) is 0 Å². The van der Waals surface area contributed by atoms with Gasteiger partial charge in [0.15, 0.2) is 23.0 Å². The first-order chi connectivity index (χ1) is 26.6. The van der Waals surface area contributed by atoms with Crippen LogP contribution in [0.4, 0.5) is 0 Å². The molecule has 9 aromatic carbocycles. The highest BCUT2D eigenvalue weighted by molar-refractivity contribution is 6.30. The van der Waals surface area contributed by atoms with Crippen molar-refractivity contribution in [1.82, 2.24) is 0 Å². The summed E-state index contributed by atoms with van der Waals surface area (Å²) < 4.78 is 6.19. The molecule has 0 unspecified atom stereocenters. The van der Waals surface area contributed by atoms with Crippen molar-refractivity contribution in [2.75, 3.05) is 0 Å². The lowest BCUT2D eigenvalue weighted by Gasteiger charge is -2.23. The fourth-order valence-corrected chi connectivity index (χ4v) is 8.18. The topological polar surface area (TPSA) is 175 Å². The van der Waals surface area contributed by atoms with Crippen LogP contribution in [0.1, 0.15) is 0 Å². The van der Waals surface area contributed by atoms with Gasteiger partial charge >= 0.3 is 0 Å². The average Bonchev–Trinajstić information content (AvgIpc) is 3.61. The van der Waals surface area contributed by atoms with Crippen LogP contribution in [0.15, 0.2) is 126 Å². The molecule has 1 heterocycles. The van der Waals surface area contributed by atoms with Crippen LogP contribution < -0.4 is 0 Å². The van der Waals surface area contributed by atoms with E-state index in [1.165, 1.54) is 0 Å². The van der Waals surface area contributed by atoms with Crippen LogP contribution >= 0.6 is 0 Å². The number of phenolic OH excluding ortho intramolecular Hbond substituents is 8. The third-order valence-corrected chi connectivity index (χ3v) is 10.7. The van der Waals surface area contributed by atoms with E-state index in [9.17, 15) is 40.9 Å². The Bertz CT molecular complexity index is 3200. The number of phenols is 8. The predicted octanol–water partition coefficient (Wildman–Crippen LogP) is 10.8. The maximum Gasteiger partial charge on any atom is 0.204 e. The Balaban J connectivity index is 1.28. The van der Waals surface area contributed by atoms with E-state index in [0.717, 1.165) is 49.2 Å². The van der Waals surface area contributed by atoms with Gasteiger partial charge in [0, 0.05) is 43.4 Å². The van der Waals surface area contributed by atoms with E-state index in [1.807, 2.05) is 72.8 Å². The standard InChI is InChI=1S/C46H28O9/c47-39-35-32(24-14-12-21(13-15-24)25-17-18-30-29(20-25)33-27-10-4-2-7-23(27)16-19-31(33)55-30)36-38(42(50)46(54)44(52)40(36)48)34(37(35)41(49)45(53)43(39)51)28-11-5-8-22-6-1-3-9-26(22)28/h1-20,47-54H. The summed E-state index contributed by atoms with van der Waals surface area (Å²) in [6.45, 7) is 0. The zero-order valence-corrected chi connectivity index (χ0v) is 28.5. The number of benzene rings is 9. The normalized spacial score (nSPS) is 11.9. The molecule has 266 valence electrons. The lowest BCUT2D eigenvalue weighted by atomic mass is 9.82. The minimum atomic E-state index is -1.02. The van der Waals surface area contributed by atoms with Crippen molar-refractivity contribution in [1.29, 1.82) is 0 Å². The number of fused-ring (bicyclic) bond motifs is 8. The second kappa shape index (κ2) is 11.4. The van der Waals surface area contributed by atoms with Crippen molar-refractivity contribution in [3.05, 3.63) is 121 Å². The maximum absolute atomic E-state index is 11.6. The van der Waals surface area contributed by atoms with E-state index in [2.05, 4.69) is 12.1 Å². The van der Waals surface area contributed by atoms with E-state index in [1.54, 1.807) is 36.4 Å². The fourth-order valence-electron chi connectivity index (χ4n) is 8.18. The van der Waals surface area contributed by atoms with Crippen LogP contribution in [-0.4, -0.2) is 40.9 Å². The molecule has 8 N–H and O–H groups in total. The number of hydrogen-bond acceptors (Lipinski definition) is 9. The molecule has 0 radical (unpaired) electrons. The number of furan rings is 1. The molecule has 0 bridgehead atoms. The zero-order valence-electron chi connectivity index (χ0n) is 28.5. The van der Waals surface area contributed by atoms with Gasteiger partial charge in [0.05, 0.1) is 0 Å². The molecule has 0 aliphatic carbocycles. The van der Waals surface area contributed by atoms with Crippen molar-refractivity contribution < 1.29 is 45.3 Å². The van der Waals surface area contributed by atoms with Gasteiger partial charge in [-0.3, -0.25) is 0 Å². The van der Waals surface area contributed by atoms with Crippen LogP contribution in [0.2, 0.25) is 0 Å². The SMILES string of the molecule is Oc1c(O)c(O)c2c(-c3cccc4ccccc34)c3c(O)c(O)c(O)c(O)c3c(-c3ccc(-c4ccc5oc6ccc7ccccc7c6c5c4)cc3)c2c1O. The van der Waals surface area contributed by atoms with Gasteiger partial charge in [-0.2, -0.15) is 0 Å².